The second kappa shape index (κ2) is 8.53. The van der Waals surface area contributed by atoms with E-state index in [0.29, 0.717) is 44.1 Å². The van der Waals surface area contributed by atoms with Gasteiger partial charge in [-0.3, -0.25) is 9.88 Å². The third kappa shape index (κ3) is 4.68. The van der Waals surface area contributed by atoms with E-state index in [1.54, 1.807) is 24.7 Å². The molecule has 30 heavy (non-hydrogen) atoms. The van der Waals surface area contributed by atoms with Crippen molar-refractivity contribution in [3.05, 3.63) is 54.0 Å². The molecule has 158 valence electrons. The highest BCUT2D eigenvalue weighted by Crippen LogP contribution is 2.39. The SMILES string of the molecule is Nc1ncc(-c2ccc(C3=CCC(C(F)(F)F)C=C3CN3CCOCC3)cn2)cn1. The molecule has 0 aromatic carbocycles. The van der Waals surface area contributed by atoms with E-state index < -0.39 is 12.1 Å². The fraction of sp³-hybridized carbons (Fsp3) is 0.381. The fourth-order valence-corrected chi connectivity index (χ4v) is 3.64. The molecule has 2 aliphatic rings. The van der Waals surface area contributed by atoms with Crippen molar-refractivity contribution in [3.8, 4) is 11.3 Å². The molecule has 1 atom stereocenters. The van der Waals surface area contributed by atoms with Gasteiger partial charge < -0.3 is 10.5 Å². The van der Waals surface area contributed by atoms with Crippen molar-refractivity contribution in [2.75, 3.05) is 38.6 Å². The first kappa shape index (κ1) is 20.5. The van der Waals surface area contributed by atoms with Crippen LogP contribution in [0.3, 0.4) is 0 Å². The number of halogens is 3. The number of nitrogen functional groups attached to an aromatic ring is 1. The lowest BCUT2D eigenvalue weighted by Crippen LogP contribution is -2.38. The molecule has 0 bridgehead atoms. The Morgan fingerprint density at radius 1 is 1.03 bits per heavy atom. The van der Waals surface area contributed by atoms with Crippen LogP contribution in [0, 0.1) is 5.92 Å². The van der Waals surface area contributed by atoms with Crippen LogP contribution >= 0.6 is 0 Å². The van der Waals surface area contributed by atoms with Gasteiger partial charge >= 0.3 is 6.18 Å². The van der Waals surface area contributed by atoms with Crippen LogP contribution in [0.4, 0.5) is 19.1 Å². The molecule has 2 N–H and O–H groups in total. The second-order valence-electron chi connectivity index (χ2n) is 7.34. The van der Waals surface area contributed by atoms with Crippen molar-refractivity contribution >= 4 is 11.5 Å². The van der Waals surface area contributed by atoms with Crippen LogP contribution in [0.2, 0.25) is 0 Å². The first-order valence-corrected chi connectivity index (χ1v) is 9.72. The number of allylic oxidation sites excluding steroid dienone is 2. The van der Waals surface area contributed by atoms with E-state index in [0.717, 1.165) is 16.7 Å². The minimum absolute atomic E-state index is 0.0704. The highest BCUT2D eigenvalue weighted by molar-refractivity contribution is 5.80. The fourth-order valence-electron chi connectivity index (χ4n) is 3.64. The summed E-state index contributed by atoms with van der Waals surface area (Å²) >= 11 is 0. The summed E-state index contributed by atoms with van der Waals surface area (Å²) in [5.74, 6) is -1.28. The lowest BCUT2D eigenvalue weighted by atomic mass is 9.86. The molecule has 6 nitrogen and oxygen atoms in total. The van der Waals surface area contributed by atoms with Gasteiger partial charge in [-0.1, -0.05) is 18.2 Å². The molecule has 9 heteroatoms. The highest BCUT2D eigenvalue weighted by atomic mass is 19.4. The summed E-state index contributed by atoms with van der Waals surface area (Å²) in [4.78, 5) is 14.5. The number of ether oxygens (including phenoxy) is 1. The van der Waals surface area contributed by atoms with Crippen LogP contribution in [-0.2, 0) is 4.74 Å². The minimum atomic E-state index is -4.25. The molecular formula is C21H22F3N5O. The average Bonchev–Trinajstić information content (AvgIpc) is 2.75. The highest BCUT2D eigenvalue weighted by Gasteiger charge is 2.39. The Kier molecular flexibility index (Phi) is 5.83. The van der Waals surface area contributed by atoms with Gasteiger partial charge in [0, 0.05) is 49.4 Å². The van der Waals surface area contributed by atoms with Crippen molar-refractivity contribution in [2.24, 2.45) is 5.92 Å². The van der Waals surface area contributed by atoms with Crippen LogP contribution in [0.5, 0.6) is 0 Å². The molecule has 0 amide bonds. The molecule has 4 rings (SSSR count). The Hall–Kier alpha value is -2.78. The number of nitrogens with two attached hydrogens (primary N) is 1. The molecule has 2 aromatic heterocycles. The zero-order valence-electron chi connectivity index (χ0n) is 16.3. The number of alkyl halides is 3. The summed E-state index contributed by atoms with van der Waals surface area (Å²) in [6.07, 6.45) is 3.57. The molecule has 0 radical (unpaired) electrons. The molecule has 1 unspecified atom stereocenters. The Balaban J connectivity index is 1.59. The van der Waals surface area contributed by atoms with Gasteiger partial charge in [-0.2, -0.15) is 13.2 Å². The summed E-state index contributed by atoms with van der Waals surface area (Å²) in [5.41, 5.74) is 9.16. The van der Waals surface area contributed by atoms with E-state index in [4.69, 9.17) is 10.5 Å². The molecule has 1 aliphatic heterocycles. The van der Waals surface area contributed by atoms with Crippen LogP contribution in [-0.4, -0.2) is 58.9 Å². The molecule has 1 fully saturated rings. The first-order valence-electron chi connectivity index (χ1n) is 9.72. The van der Waals surface area contributed by atoms with Crippen LogP contribution in [0.15, 0.2) is 48.4 Å². The zero-order valence-corrected chi connectivity index (χ0v) is 16.3. The first-order chi connectivity index (χ1) is 14.4. The van der Waals surface area contributed by atoms with Crippen molar-refractivity contribution in [2.45, 2.75) is 12.6 Å². The normalized spacial score (nSPS) is 20.6. The van der Waals surface area contributed by atoms with Crippen molar-refractivity contribution < 1.29 is 17.9 Å². The number of nitrogens with zero attached hydrogens (tertiary/aromatic N) is 4. The van der Waals surface area contributed by atoms with Crippen LogP contribution < -0.4 is 5.73 Å². The van der Waals surface area contributed by atoms with E-state index in [1.165, 1.54) is 6.08 Å². The molecule has 1 aliphatic carbocycles. The molecule has 0 saturated carbocycles. The lowest BCUT2D eigenvalue weighted by Gasteiger charge is -2.31. The predicted octanol–water partition coefficient (Wildman–Crippen LogP) is 3.35. The molecule has 2 aromatic rings. The van der Waals surface area contributed by atoms with E-state index in [9.17, 15) is 13.2 Å². The van der Waals surface area contributed by atoms with Gasteiger partial charge in [0.2, 0.25) is 5.95 Å². The Morgan fingerprint density at radius 3 is 2.37 bits per heavy atom. The van der Waals surface area contributed by atoms with Crippen LogP contribution in [0.1, 0.15) is 12.0 Å². The van der Waals surface area contributed by atoms with Gasteiger partial charge in [-0.25, -0.2) is 9.97 Å². The molecule has 1 saturated heterocycles. The minimum Gasteiger partial charge on any atom is -0.379 e. The van der Waals surface area contributed by atoms with Gasteiger partial charge in [0.15, 0.2) is 0 Å². The molecule has 3 heterocycles. The monoisotopic (exact) mass is 417 g/mol. The number of pyridine rings is 1. The summed E-state index contributed by atoms with van der Waals surface area (Å²) < 4.78 is 45.4. The van der Waals surface area contributed by atoms with Gasteiger partial charge in [-0.05, 0) is 23.6 Å². The smallest absolute Gasteiger partial charge is 0.379 e. The summed E-state index contributed by atoms with van der Waals surface area (Å²) in [5, 5.41) is 0. The topological polar surface area (TPSA) is 77.2 Å². The number of anilines is 1. The van der Waals surface area contributed by atoms with E-state index in [1.807, 2.05) is 12.1 Å². The number of rotatable bonds is 4. The van der Waals surface area contributed by atoms with E-state index in [-0.39, 0.29) is 12.4 Å². The maximum absolute atomic E-state index is 13.4. The van der Waals surface area contributed by atoms with Crippen LogP contribution in [0.25, 0.3) is 16.8 Å². The van der Waals surface area contributed by atoms with E-state index >= 15 is 0 Å². The van der Waals surface area contributed by atoms with E-state index in [2.05, 4.69) is 19.9 Å². The van der Waals surface area contributed by atoms with Gasteiger partial charge in [-0.15, -0.1) is 0 Å². The molecular weight excluding hydrogens is 395 g/mol. The maximum atomic E-state index is 13.4. The Morgan fingerprint density at radius 2 is 1.73 bits per heavy atom. The van der Waals surface area contributed by atoms with Crippen molar-refractivity contribution in [3.63, 3.8) is 0 Å². The standard InChI is InChI=1S/C21H22F3N5O/c22-21(23,24)17-2-3-18(15(9-17)13-29-5-7-30-8-6-29)14-1-4-19(26-10-14)16-11-27-20(25)28-12-16/h1,3-4,9-12,17H,2,5-8,13H2,(H2,25,27,28). The maximum Gasteiger partial charge on any atom is 0.395 e. The molecule has 0 spiro atoms. The lowest BCUT2D eigenvalue weighted by molar-refractivity contribution is -0.160. The van der Waals surface area contributed by atoms with Gasteiger partial charge in [0.1, 0.15) is 0 Å². The predicted molar refractivity (Wildman–Crippen MR) is 107 cm³/mol. The van der Waals surface area contributed by atoms with Gasteiger partial charge in [0.25, 0.3) is 0 Å². The quantitative estimate of drug-likeness (QED) is 0.822. The second-order valence-corrected chi connectivity index (χ2v) is 7.34. The van der Waals surface area contributed by atoms with Crippen molar-refractivity contribution in [1.82, 2.24) is 19.9 Å². The zero-order chi connectivity index (χ0) is 21.1. The summed E-state index contributed by atoms with van der Waals surface area (Å²) in [6, 6.07) is 3.68. The number of hydrogen-bond acceptors (Lipinski definition) is 6. The average molecular weight is 417 g/mol. The third-order valence-corrected chi connectivity index (χ3v) is 5.28. The summed E-state index contributed by atoms with van der Waals surface area (Å²) in [6.45, 7) is 3.05. The van der Waals surface area contributed by atoms with Crippen molar-refractivity contribution in [1.29, 1.82) is 0 Å². The summed E-state index contributed by atoms with van der Waals surface area (Å²) in [7, 11) is 0. The largest absolute Gasteiger partial charge is 0.395 e. The Bertz CT molecular complexity index is 933. The number of hydrogen-bond donors (Lipinski definition) is 1. The van der Waals surface area contributed by atoms with Gasteiger partial charge in [0.05, 0.1) is 24.8 Å². The Labute approximate surface area is 172 Å². The number of aromatic nitrogens is 3. The third-order valence-electron chi connectivity index (χ3n) is 5.28. The number of morpholine rings is 1.